The van der Waals surface area contributed by atoms with Crippen LogP contribution in [-0.2, 0) is 6.61 Å². The van der Waals surface area contributed by atoms with Crippen molar-refractivity contribution in [3.05, 3.63) is 46.8 Å². The van der Waals surface area contributed by atoms with Crippen molar-refractivity contribution >= 4 is 5.91 Å². The fraction of sp³-hybridized carbons (Fsp3) is 0.474. The van der Waals surface area contributed by atoms with Gasteiger partial charge in [-0.15, -0.1) is 0 Å². The lowest BCUT2D eigenvalue weighted by Crippen LogP contribution is -2.46. The van der Waals surface area contributed by atoms with Gasteiger partial charge >= 0.3 is 0 Å². The van der Waals surface area contributed by atoms with Crippen molar-refractivity contribution in [2.24, 2.45) is 0 Å². The summed E-state index contributed by atoms with van der Waals surface area (Å²) < 4.78 is 11.0. The van der Waals surface area contributed by atoms with E-state index in [1.54, 1.807) is 0 Å². The molecule has 2 heterocycles. The van der Waals surface area contributed by atoms with Gasteiger partial charge in [0.05, 0.1) is 11.3 Å². The van der Waals surface area contributed by atoms with E-state index in [1.165, 1.54) is 0 Å². The number of aromatic nitrogens is 1. The first-order chi connectivity index (χ1) is 12.1. The van der Waals surface area contributed by atoms with E-state index in [-0.39, 0.29) is 5.91 Å². The predicted octanol–water partition coefficient (Wildman–Crippen LogP) is 2.69. The van der Waals surface area contributed by atoms with Crippen LogP contribution in [0.5, 0.6) is 5.75 Å². The number of hydrogen-bond donors (Lipinski definition) is 1. The first-order valence-electron chi connectivity index (χ1n) is 8.69. The predicted molar refractivity (Wildman–Crippen MR) is 94.7 cm³/mol. The maximum Gasteiger partial charge on any atom is 0.254 e. The largest absolute Gasteiger partial charge is 0.489 e. The third-order valence-electron chi connectivity index (χ3n) is 4.76. The molecular formula is C19H25N3O3. The van der Waals surface area contributed by atoms with Crippen LogP contribution in [0.4, 0.5) is 0 Å². The number of piperidine rings is 1. The number of likely N-dealkylation sites (tertiary alicyclic amines) is 1. The Morgan fingerprint density at radius 2 is 2.28 bits per heavy atom. The summed E-state index contributed by atoms with van der Waals surface area (Å²) in [6, 6.07) is 7.74. The maximum atomic E-state index is 12.8. The SMILES string of the molecule is CNC1CCCN(C(=O)c2cccc(OCc3c(C)noc3C)c2)C1. The average molecular weight is 343 g/mol. The Bertz CT molecular complexity index is 722. The van der Waals surface area contributed by atoms with Crippen LogP contribution < -0.4 is 10.1 Å². The number of carbonyl (C=O) groups is 1. The molecule has 1 saturated heterocycles. The summed E-state index contributed by atoms with van der Waals surface area (Å²) in [5, 5.41) is 7.19. The molecule has 1 aliphatic rings. The van der Waals surface area contributed by atoms with Gasteiger partial charge in [-0.3, -0.25) is 4.79 Å². The molecule has 0 spiro atoms. The topological polar surface area (TPSA) is 67.6 Å². The minimum absolute atomic E-state index is 0.0581. The number of nitrogens with one attached hydrogen (secondary N) is 1. The van der Waals surface area contributed by atoms with Gasteiger partial charge in [-0.25, -0.2) is 0 Å². The molecule has 0 aliphatic carbocycles. The lowest BCUT2D eigenvalue weighted by molar-refractivity contribution is 0.0697. The second-order valence-corrected chi connectivity index (χ2v) is 6.50. The normalized spacial score (nSPS) is 17.6. The van der Waals surface area contributed by atoms with E-state index in [0.717, 1.165) is 42.9 Å². The van der Waals surface area contributed by atoms with Crippen molar-refractivity contribution in [2.75, 3.05) is 20.1 Å². The van der Waals surface area contributed by atoms with Gasteiger partial charge < -0.3 is 19.5 Å². The van der Waals surface area contributed by atoms with Crippen LogP contribution in [0.1, 0.15) is 40.2 Å². The number of carbonyl (C=O) groups excluding carboxylic acids is 1. The Labute approximate surface area is 148 Å². The number of rotatable bonds is 5. The molecule has 134 valence electrons. The first-order valence-corrected chi connectivity index (χ1v) is 8.69. The molecule has 6 heteroatoms. The first kappa shape index (κ1) is 17.5. The monoisotopic (exact) mass is 343 g/mol. The zero-order valence-electron chi connectivity index (χ0n) is 15.0. The van der Waals surface area contributed by atoms with Gasteiger partial charge in [0, 0.05) is 24.7 Å². The quantitative estimate of drug-likeness (QED) is 0.904. The van der Waals surface area contributed by atoms with E-state index in [1.807, 2.05) is 50.1 Å². The zero-order chi connectivity index (χ0) is 17.8. The van der Waals surface area contributed by atoms with E-state index in [9.17, 15) is 4.79 Å². The van der Waals surface area contributed by atoms with Gasteiger partial charge in [-0.2, -0.15) is 0 Å². The van der Waals surface area contributed by atoms with E-state index in [0.29, 0.717) is 24.0 Å². The molecule has 1 unspecified atom stereocenters. The van der Waals surface area contributed by atoms with Crippen molar-refractivity contribution in [1.29, 1.82) is 0 Å². The molecule has 0 saturated carbocycles. The molecule has 3 rings (SSSR count). The summed E-state index contributed by atoms with van der Waals surface area (Å²) in [5.74, 6) is 1.49. The molecule has 1 fully saturated rings. The van der Waals surface area contributed by atoms with Gasteiger partial charge in [-0.1, -0.05) is 11.2 Å². The number of ether oxygens (including phenoxy) is 1. The highest BCUT2D eigenvalue weighted by Crippen LogP contribution is 2.20. The van der Waals surface area contributed by atoms with Crippen molar-refractivity contribution in [1.82, 2.24) is 15.4 Å². The van der Waals surface area contributed by atoms with Crippen molar-refractivity contribution in [2.45, 2.75) is 39.3 Å². The van der Waals surface area contributed by atoms with Crippen molar-refractivity contribution in [3.8, 4) is 5.75 Å². The molecular weight excluding hydrogens is 318 g/mol. The Kier molecular flexibility index (Phi) is 5.38. The molecule has 25 heavy (non-hydrogen) atoms. The number of hydrogen-bond acceptors (Lipinski definition) is 5. The number of nitrogens with zero attached hydrogens (tertiary/aromatic N) is 2. The molecule has 1 aromatic carbocycles. The van der Waals surface area contributed by atoms with E-state index in [4.69, 9.17) is 9.26 Å². The van der Waals surface area contributed by atoms with E-state index < -0.39 is 0 Å². The summed E-state index contributed by atoms with van der Waals surface area (Å²) in [6.07, 6.45) is 2.14. The van der Waals surface area contributed by atoms with Gasteiger partial charge in [0.2, 0.25) is 0 Å². The van der Waals surface area contributed by atoms with Crippen LogP contribution in [-0.4, -0.2) is 42.1 Å². The lowest BCUT2D eigenvalue weighted by Gasteiger charge is -2.32. The fourth-order valence-electron chi connectivity index (χ4n) is 3.16. The van der Waals surface area contributed by atoms with Crippen LogP contribution in [0.15, 0.2) is 28.8 Å². The van der Waals surface area contributed by atoms with Crippen LogP contribution in [0.25, 0.3) is 0 Å². The Hall–Kier alpha value is -2.34. The summed E-state index contributed by atoms with van der Waals surface area (Å²) in [5.41, 5.74) is 2.44. The summed E-state index contributed by atoms with van der Waals surface area (Å²) >= 11 is 0. The van der Waals surface area contributed by atoms with Crippen LogP contribution >= 0.6 is 0 Å². The average Bonchev–Trinajstić information content (AvgIpc) is 2.97. The maximum absolute atomic E-state index is 12.8. The minimum Gasteiger partial charge on any atom is -0.489 e. The zero-order valence-corrected chi connectivity index (χ0v) is 15.0. The fourth-order valence-corrected chi connectivity index (χ4v) is 3.16. The summed E-state index contributed by atoms with van der Waals surface area (Å²) in [7, 11) is 1.95. The molecule has 1 amide bonds. The molecule has 0 bridgehead atoms. The standard InChI is InChI=1S/C19H25N3O3/c1-13-18(14(2)25-21-13)12-24-17-8-4-6-15(10-17)19(23)22-9-5-7-16(11-22)20-3/h4,6,8,10,16,20H,5,7,9,11-12H2,1-3H3. The highest BCUT2D eigenvalue weighted by atomic mass is 16.5. The minimum atomic E-state index is 0.0581. The molecule has 2 aromatic rings. The third-order valence-corrected chi connectivity index (χ3v) is 4.76. The molecule has 0 radical (unpaired) electrons. The molecule has 1 atom stereocenters. The lowest BCUT2D eigenvalue weighted by atomic mass is 10.0. The van der Waals surface area contributed by atoms with E-state index >= 15 is 0 Å². The van der Waals surface area contributed by atoms with Crippen molar-refractivity contribution in [3.63, 3.8) is 0 Å². The van der Waals surface area contributed by atoms with Gasteiger partial charge in [0.15, 0.2) is 0 Å². The van der Waals surface area contributed by atoms with Crippen LogP contribution in [0.3, 0.4) is 0 Å². The highest BCUT2D eigenvalue weighted by Gasteiger charge is 2.23. The number of aryl methyl sites for hydroxylation is 2. The Morgan fingerprint density at radius 1 is 1.44 bits per heavy atom. The van der Waals surface area contributed by atoms with Crippen LogP contribution in [0, 0.1) is 13.8 Å². The second kappa shape index (κ2) is 7.70. The third kappa shape index (κ3) is 4.02. The summed E-state index contributed by atoms with van der Waals surface area (Å²) in [6.45, 7) is 5.70. The van der Waals surface area contributed by atoms with Crippen molar-refractivity contribution < 1.29 is 14.1 Å². The smallest absolute Gasteiger partial charge is 0.254 e. The molecule has 1 N–H and O–H groups in total. The molecule has 6 nitrogen and oxygen atoms in total. The Morgan fingerprint density at radius 3 is 3.00 bits per heavy atom. The Balaban J connectivity index is 1.67. The highest BCUT2D eigenvalue weighted by molar-refractivity contribution is 5.94. The molecule has 1 aromatic heterocycles. The number of likely N-dealkylation sites (N-methyl/N-ethyl adjacent to an activating group) is 1. The molecule has 1 aliphatic heterocycles. The number of benzene rings is 1. The van der Waals surface area contributed by atoms with Gasteiger partial charge in [0.25, 0.3) is 5.91 Å². The summed E-state index contributed by atoms with van der Waals surface area (Å²) in [4.78, 5) is 14.7. The van der Waals surface area contributed by atoms with Crippen LogP contribution in [0.2, 0.25) is 0 Å². The second-order valence-electron chi connectivity index (χ2n) is 6.50. The number of amides is 1. The van der Waals surface area contributed by atoms with E-state index in [2.05, 4.69) is 10.5 Å². The van der Waals surface area contributed by atoms with Gasteiger partial charge in [0.1, 0.15) is 18.1 Å². The van der Waals surface area contributed by atoms with Gasteiger partial charge in [-0.05, 0) is 51.9 Å².